The molecule has 1 heterocycles. The molecule has 0 aliphatic rings. The van der Waals surface area contributed by atoms with E-state index in [9.17, 15) is 14.7 Å². The van der Waals surface area contributed by atoms with Crippen LogP contribution in [-0.4, -0.2) is 34.6 Å². The molecule has 1 rings (SSSR count). The zero-order chi connectivity index (χ0) is 16.0. The molecule has 3 atom stereocenters. The summed E-state index contributed by atoms with van der Waals surface area (Å²) < 4.78 is 5.42. The van der Waals surface area contributed by atoms with Gasteiger partial charge >= 0.3 is 5.97 Å². The zero-order valence-electron chi connectivity index (χ0n) is 12.8. The molecule has 0 bridgehead atoms. The van der Waals surface area contributed by atoms with Gasteiger partial charge in [0.15, 0.2) is 0 Å². The first-order valence-electron chi connectivity index (χ1n) is 7.01. The number of carboxylic acids is 1. The van der Waals surface area contributed by atoms with Crippen LogP contribution >= 0.6 is 11.3 Å². The van der Waals surface area contributed by atoms with Crippen molar-refractivity contribution >= 4 is 23.2 Å². The van der Waals surface area contributed by atoms with Crippen LogP contribution in [0.25, 0.3) is 0 Å². The molecule has 0 fully saturated rings. The van der Waals surface area contributed by atoms with Gasteiger partial charge in [0.25, 0.3) is 5.91 Å². The lowest BCUT2D eigenvalue weighted by Crippen LogP contribution is -2.44. The first-order chi connectivity index (χ1) is 9.90. The maximum atomic E-state index is 12.1. The van der Waals surface area contributed by atoms with E-state index >= 15 is 0 Å². The fourth-order valence-electron chi connectivity index (χ4n) is 1.80. The van der Waals surface area contributed by atoms with Gasteiger partial charge in [-0.1, -0.05) is 20.3 Å². The Morgan fingerprint density at radius 1 is 1.43 bits per heavy atom. The molecule has 1 amide bonds. The number of carbonyl (C=O) groups is 2. The minimum Gasteiger partial charge on any atom is -0.480 e. The molecule has 0 aliphatic heterocycles. The number of hydrogen-bond donors (Lipinski definition) is 2. The molecular formula is C14H22N2O4S. The normalized spacial score (nSPS) is 15.2. The van der Waals surface area contributed by atoms with Gasteiger partial charge in [-0.15, -0.1) is 11.3 Å². The lowest BCUT2D eigenvalue weighted by Gasteiger charge is -2.19. The van der Waals surface area contributed by atoms with Crippen molar-refractivity contribution in [3.05, 3.63) is 16.1 Å². The summed E-state index contributed by atoms with van der Waals surface area (Å²) in [6.45, 7) is 8.01. The van der Waals surface area contributed by atoms with Crippen LogP contribution in [-0.2, 0) is 9.53 Å². The van der Waals surface area contributed by atoms with E-state index in [1.807, 2.05) is 20.8 Å². The van der Waals surface area contributed by atoms with Gasteiger partial charge in [-0.25, -0.2) is 9.78 Å². The monoisotopic (exact) mass is 314 g/mol. The number of nitrogens with zero attached hydrogens (tertiary/aromatic N) is 1. The van der Waals surface area contributed by atoms with Crippen molar-refractivity contribution in [2.24, 2.45) is 5.92 Å². The molecule has 118 valence electrons. The molecule has 6 nitrogen and oxygen atoms in total. The summed E-state index contributed by atoms with van der Waals surface area (Å²) in [4.78, 5) is 27.9. The third-order valence-corrected chi connectivity index (χ3v) is 4.43. The van der Waals surface area contributed by atoms with Gasteiger partial charge in [-0.05, 0) is 19.8 Å². The van der Waals surface area contributed by atoms with Gasteiger partial charge in [0.1, 0.15) is 22.0 Å². The van der Waals surface area contributed by atoms with Gasteiger partial charge in [-0.3, -0.25) is 4.79 Å². The summed E-state index contributed by atoms with van der Waals surface area (Å²) in [6, 6.07) is -0.891. The summed E-state index contributed by atoms with van der Waals surface area (Å²) in [5, 5.41) is 12.5. The summed E-state index contributed by atoms with van der Waals surface area (Å²) in [5.74, 6) is -1.57. The number of ether oxygens (including phenoxy) is 1. The third kappa shape index (κ3) is 4.78. The molecule has 21 heavy (non-hydrogen) atoms. The molecule has 0 spiro atoms. The first-order valence-corrected chi connectivity index (χ1v) is 7.83. The van der Waals surface area contributed by atoms with E-state index in [1.54, 1.807) is 6.92 Å². The number of aliphatic carboxylic acids is 1. The predicted molar refractivity (Wildman–Crippen MR) is 80.5 cm³/mol. The number of rotatable bonds is 8. The average molecular weight is 314 g/mol. The van der Waals surface area contributed by atoms with Crippen molar-refractivity contribution in [1.82, 2.24) is 10.3 Å². The fraction of sp³-hybridized carbons (Fsp3) is 0.643. The second kappa shape index (κ2) is 8.09. The molecular weight excluding hydrogens is 292 g/mol. The van der Waals surface area contributed by atoms with Gasteiger partial charge in [0.05, 0.1) is 6.20 Å². The van der Waals surface area contributed by atoms with Crippen molar-refractivity contribution in [1.29, 1.82) is 0 Å². The number of carbonyl (C=O) groups excluding carboxylic acids is 1. The Hall–Kier alpha value is -1.47. The number of amides is 1. The molecule has 0 saturated carbocycles. The summed E-state index contributed by atoms with van der Waals surface area (Å²) in [6.07, 6.45) is 1.96. The van der Waals surface area contributed by atoms with Gasteiger partial charge in [-0.2, -0.15) is 0 Å². The number of hydrogen-bond acceptors (Lipinski definition) is 5. The SMILES string of the molecule is CCOC(C)c1ncc(C(=O)N[C@H](C(=O)O)[C@@H](C)CC)s1. The average Bonchev–Trinajstić information content (AvgIpc) is 2.93. The topological polar surface area (TPSA) is 88.5 Å². The van der Waals surface area contributed by atoms with Crippen LogP contribution in [0.5, 0.6) is 0 Å². The summed E-state index contributed by atoms with van der Waals surface area (Å²) in [5.41, 5.74) is 0. The van der Waals surface area contributed by atoms with E-state index in [0.29, 0.717) is 22.9 Å². The van der Waals surface area contributed by atoms with E-state index in [4.69, 9.17) is 4.74 Å². The molecule has 0 saturated heterocycles. The van der Waals surface area contributed by atoms with E-state index in [2.05, 4.69) is 10.3 Å². The van der Waals surface area contributed by atoms with E-state index in [1.165, 1.54) is 17.5 Å². The molecule has 0 aliphatic carbocycles. The van der Waals surface area contributed by atoms with Gasteiger partial charge in [0, 0.05) is 6.61 Å². The van der Waals surface area contributed by atoms with Crippen molar-refractivity contribution in [3.8, 4) is 0 Å². The summed E-state index contributed by atoms with van der Waals surface area (Å²) in [7, 11) is 0. The maximum Gasteiger partial charge on any atom is 0.326 e. The molecule has 0 aromatic carbocycles. The van der Waals surface area contributed by atoms with E-state index < -0.39 is 17.9 Å². The van der Waals surface area contributed by atoms with Crippen molar-refractivity contribution in [3.63, 3.8) is 0 Å². The predicted octanol–water partition coefficient (Wildman–Crippen LogP) is 2.47. The third-order valence-electron chi connectivity index (χ3n) is 3.28. The van der Waals surface area contributed by atoms with Crippen molar-refractivity contribution in [2.75, 3.05) is 6.61 Å². The minimum atomic E-state index is -1.02. The van der Waals surface area contributed by atoms with Crippen LogP contribution in [0.2, 0.25) is 0 Å². The fourth-order valence-corrected chi connectivity index (χ4v) is 2.62. The maximum absolute atomic E-state index is 12.1. The Morgan fingerprint density at radius 2 is 2.10 bits per heavy atom. The van der Waals surface area contributed by atoms with Crippen LogP contribution < -0.4 is 5.32 Å². The van der Waals surface area contributed by atoms with Gasteiger partial charge < -0.3 is 15.2 Å². The number of thiazole rings is 1. The number of aromatic nitrogens is 1. The lowest BCUT2D eigenvalue weighted by atomic mass is 9.99. The Labute approximate surface area is 128 Å². The molecule has 0 radical (unpaired) electrons. The number of nitrogens with one attached hydrogen (secondary N) is 1. The molecule has 1 aromatic heterocycles. The Morgan fingerprint density at radius 3 is 2.62 bits per heavy atom. The highest BCUT2D eigenvalue weighted by Gasteiger charge is 2.26. The van der Waals surface area contributed by atoms with Crippen LogP contribution in [0, 0.1) is 5.92 Å². The number of carboxylic acid groups (broad SMARTS) is 1. The minimum absolute atomic E-state index is 0.138. The van der Waals surface area contributed by atoms with Crippen molar-refractivity contribution < 1.29 is 19.4 Å². The quantitative estimate of drug-likeness (QED) is 0.769. The van der Waals surface area contributed by atoms with E-state index in [-0.39, 0.29) is 12.0 Å². The standard InChI is InChI=1S/C14H22N2O4S/c1-5-8(3)11(14(18)19)16-12(17)10-7-15-13(21-10)9(4)20-6-2/h7-9,11H,5-6H2,1-4H3,(H,16,17)(H,18,19)/t8-,9?,11-/m0/s1. The first kappa shape index (κ1) is 17.6. The molecule has 7 heteroatoms. The van der Waals surface area contributed by atoms with E-state index in [0.717, 1.165) is 0 Å². The second-order valence-electron chi connectivity index (χ2n) is 4.84. The van der Waals surface area contributed by atoms with Crippen LogP contribution in [0.3, 0.4) is 0 Å². The van der Waals surface area contributed by atoms with Gasteiger partial charge in [0.2, 0.25) is 0 Å². The van der Waals surface area contributed by atoms with Crippen LogP contribution in [0.15, 0.2) is 6.20 Å². The van der Waals surface area contributed by atoms with Crippen molar-refractivity contribution in [2.45, 2.75) is 46.3 Å². The largest absolute Gasteiger partial charge is 0.480 e. The zero-order valence-corrected chi connectivity index (χ0v) is 13.6. The highest BCUT2D eigenvalue weighted by Crippen LogP contribution is 2.23. The van der Waals surface area contributed by atoms with Crippen LogP contribution in [0.1, 0.15) is 54.9 Å². The second-order valence-corrected chi connectivity index (χ2v) is 5.90. The highest BCUT2D eigenvalue weighted by molar-refractivity contribution is 7.13. The summed E-state index contributed by atoms with van der Waals surface area (Å²) >= 11 is 1.22. The molecule has 1 unspecified atom stereocenters. The Bertz CT molecular complexity index is 489. The van der Waals surface area contributed by atoms with Crippen LogP contribution in [0.4, 0.5) is 0 Å². The smallest absolute Gasteiger partial charge is 0.326 e. The Balaban J connectivity index is 2.77. The Kier molecular flexibility index (Phi) is 6.77. The molecule has 2 N–H and O–H groups in total. The lowest BCUT2D eigenvalue weighted by molar-refractivity contribution is -0.140. The highest BCUT2D eigenvalue weighted by atomic mass is 32.1. The molecule has 1 aromatic rings.